The van der Waals surface area contributed by atoms with Gasteiger partial charge in [-0.25, -0.2) is 4.68 Å². The number of hydrazine groups is 1. The van der Waals surface area contributed by atoms with Crippen LogP contribution in [-0.4, -0.2) is 21.6 Å². The van der Waals surface area contributed by atoms with Crippen LogP contribution in [0.5, 0.6) is 0 Å². The van der Waals surface area contributed by atoms with Gasteiger partial charge in [-0.2, -0.15) is 18.3 Å². The molecule has 0 radical (unpaired) electrons. The molecule has 0 aliphatic rings. The van der Waals surface area contributed by atoms with Crippen LogP contribution in [0.3, 0.4) is 0 Å². The minimum atomic E-state index is -4.47. The second-order valence-corrected chi connectivity index (χ2v) is 7.62. The fraction of sp³-hybridized carbons (Fsp3) is 0.227. The fourth-order valence-electron chi connectivity index (χ4n) is 3.17. The third kappa shape index (κ3) is 5.67. The summed E-state index contributed by atoms with van der Waals surface area (Å²) in [7, 11) is 0. The van der Waals surface area contributed by atoms with Crippen LogP contribution < -0.4 is 10.9 Å². The molecular formula is C22H20ClF3N4O2. The monoisotopic (exact) mass is 464 g/mol. The highest BCUT2D eigenvalue weighted by Crippen LogP contribution is 2.30. The molecule has 2 aromatic carbocycles. The van der Waals surface area contributed by atoms with Gasteiger partial charge in [0.2, 0.25) is 11.8 Å². The van der Waals surface area contributed by atoms with Crippen molar-refractivity contribution < 1.29 is 22.8 Å². The first-order chi connectivity index (χ1) is 15.0. The molecule has 168 valence electrons. The number of hydrogen-bond donors (Lipinski definition) is 2. The van der Waals surface area contributed by atoms with Crippen LogP contribution in [0.25, 0.3) is 5.69 Å². The standard InChI is InChI=1S/C22H20ClF3N4O2/c1-13-19(12-21(32)28-27-20(31)10-15-6-8-17(23)9-7-15)14(2)30(29-13)18-5-3-4-16(11-18)22(24,25)26/h3-9,11H,10,12H2,1-2H3,(H,27,31)(H,28,32). The predicted octanol–water partition coefficient (Wildman–Crippen LogP) is 4.09. The average Bonchev–Trinajstić information content (AvgIpc) is 3.02. The first-order valence-electron chi connectivity index (χ1n) is 9.59. The number of alkyl halides is 3. The van der Waals surface area contributed by atoms with Crippen molar-refractivity contribution in [3.8, 4) is 5.69 Å². The van der Waals surface area contributed by atoms with Crippen LogP contribution in [0.2, 0.25) is 5.02 Å². The minimum absolute atomic E-state index is 0.0585. The van der Waals surface area contributed by atoms with E-state index in [4.69, 9.17) is 11.6 Å². The van der Waals surface area contributed by atoms with E-state index in [1.807, 2.05) is 0 Å². The molecule has 2 amide bonds. The smallest absolute Gasteiger partial charge is 0.273 e. The molecular weight excluding hydrogens is 445 g/mol. The Balaban J connectivity index is 1.65. The zero-order chi connectivity index (χ0) is 23.5. The van der Waals surface area contributed by atoms with E-state index in [0.29, 0.717) is 22.0 Å². The van der Waals surface area contributed by atoms with Crippen molar-refractivity contribution in [1.82, 2.24) is 20.6 Å². The summed E-state index contributed by atoms with van der Waals surface area (Å²) in [5.74, 6) is -0.891. The highest BCUT2D eigenvalue weighted by molar-refractivity contribution is 6.30. The highest BCUT2D eigenvalue weighted by Gasteiger charge is 2.30. The lowest BCUT2D eigenvalue weighted by Gasteiger charge is -2.10. The van der Waals surface area contributed by atoms with E-state index in [9.17, 15) is 22.8 Å². The number of nitrogens with one attached hydrogen (secondary N) is 2. The normalized spacial score (nSPS) is 11.3. The number of rotatable bonds is 5. The molecule has 0 saturated heterocycles. The summed E-state index contributed by atoms with van der Waals surface area (Å²) >= 11 is 5.81. The SMILES string of the molecule is Cc1nn(-c2cccc(C(F)(F)F)c2)c(C)c1CC(=O)NNC(=O)Cc1ccc(Cl)cc1. The number of carbonyl (C=O) groups excluding carboxylic acids is 2. The Morgan fingerprint density at radius 2 is 1.62 bits per heavy atom. The van der Waals surface area contributed by atoms with Gasteiger partial charge in [0.05, 0.1) is 29.8 Å². The van der Waals surface area contributed by atoms with Crippen molar-refractivity contribution in [3.05, 3.63) is 81.6 Å². The third-order valence-electron chi connectivity index (χ3n) is 4.82. The Labute approximate surface area is 187 Å². The van der Waals surface area contributed by atoms with Gasteiger partial charge in [0.1, 0.15) is 0 Å². The summed E-state index contributed by atoms with van der Waals surface area (Å²) in [6.07, 6.45) is -4.51. The van der Waals surface area contributed by atoms with E-state index >= 15 is 0 Å². The molecule has 0 fully saturated rings. The van der Waals surface area contributed by atoms with Gasteiger partial charge in [0, 0.05) is 16.3 Å². The molecule has 0 atom stereocenters. The van der Waals surface area contributed by atoms with Crippen LogP contribution >= 0.6 is 11.6 Å². The number of aryl methyl sites for hydroxylation is 1. The Bertz CT molecular complexity index is 1140. The van der Waals surface area contributed by atoms with Crippen LogP contribution in [-0.2, 0) is 28.6 Å². The minimum Gasteiger partial charge on any atom is -0.273 e. The number of aromatic nitrogens is 2. The molecule has 3 rings (SSSR count). The van der Waals surface area contributed by atoms with Crippen molar-refractivity contribution in [1.29, 1.82) is 0 Å². The van der Waals surface area contributed by atoms with Gasteiger partial charge < -0.3 is 0 Å². The molecule has 0 bridgehead atoms. The molecule has 32 heavy (non-hydrogen) atoms. The van der Waals surface area contributed by atoms with E-state index in [0.717, 1.165) is 17.7 Å². The van der Waals surface area contributed by atoms with Crippen LogP contribution in [0.15, 0.2) is 48.5 Å². The molecule has 0 aliphatic carbocycles. The largest absolute Gasteiger partial charge is 0.416 e. The number of halogens is 4. The van der Waals surface area contributed by atoms with Crippen molar-refractivity contribution in [2.45, 2.75) is 32.9 Å². The lowest BCUT2D eigenvalue weighted by molar-refractivity contribution is -0.137. The third-order valence-corrected chi connectivity index (χ3v) is 5.07. The Morgan fingerprint density at radius 3 is 2.25 bits per heavy atom. The number of hydrogen-bond acceptors (Lipinski definition) is 3. The molecule has 0 unspecified atom stereocenters. The van der Waals surface area contributed by atoms with Crippen LogP contribution in [0.4, 0.5) is 13.2 Å². The Hall–Kier alpha value is -3.33. The zero-order valence-electron chi connectivity index (χ0n) is 17.3. The number of benzene rings is 2. The van der Waals surface area contributed by atoms with Gasteiger partial charge in [0.25, 0.3) is 0 Å². The molecule has 0 saturated carbocycles. The molecule has 10 heteroatoms. The van der Waals surface area contributed by atoms with Gasteiger partial charge in [-0.05, 0) is 49.7 Å². The summed E-state index contributed by atoms with van der Waals surface area (Å²) in [5.41, 5.74) is 6.47. The number of nitrogens with zero attached hydrogens (tertiary/aromatic N) is 2. The Kier molecular flexibility index (Phi) is 6.88. The van der Waals surface area contributed by atoms with Crippen LogP contribution in [0.1, 0.15) is 28.1 Å². The molecule has 0 aliphatic heterocycles. The summed E-state index contributed by atoms with van der Waals surface area (Å²) in [6, 6.07) is 11.5. The molecule has 0 spiro atoms. The predicted molar refractivity (Wildman–Crippen MR) is 113 cm³/mol. The van der Waals surface area contributed by atoms with Gasteiger partial charge in [0.15, 0.2) is 0 Å². The molecule has 3 aromatic rings. The maximum atomic E-state index is 13.0. The van der Waals surface area contributed by atoms with E-state index in [1.54, 1.807) is 38.1 Å². The summed E-state index contributed by atoms with van der Waals surface area (Å²) in [6.45, 7) is 3.33. The van der Waals surface area contributed by atoms with E-state index < -0.39 is 23.6 Å². The van der Waals surface area contributed by atoms with Crippen LogP contribution in [0, 0.1) is 13.8 Å². The second kappa shape index (κ2) is 9.44. The van der Waals surface area contributed by atoms with E-state index in [-0.39, 0.29) is 18.5 Å². The maximum Gasteiger partial charge on any atom is 0.416 e. The second-order valence-electron chi connectivity index (χ2n) is 7.19. The molecule has 6 nitrogen and oxygen atoms in total. The van der Waals surface area contributed by atoms with Gasteiger partial charge in [-0.1, -0.05) is 29.8 Å². The molecule has 2 N–H and O–H groups in total. The first-order valence-corrected chi connectivity index (χ1v) is 9.97. The van der Waals surface area contributed by atoms with Gasteiger partial charge in [-0.15, -0.1) is 0 Å². The Morgan fingerprint density at radius 1 is 1.00 bits per heavy atom. The van der Waals surface area contributed by atoms with Crippen molar-refractivity contribution in [2.75, 3.05) is 0 Å². The van der Waals surface area contributed by atoms with E-state index in [1.165, 1.54) is 16.8 Å². The summed E-state index contributed by atoms with van der Waals surface area (Å²) in [5, 5.41) is 4.84. The number of carbonyl (C=O) groups is 2. The first kappa shape index (κ1) is 23.3. The lowest BCUT2D eigenvalue weighted by atomic mass is 10.1. The number of amides is 2. The van der Waals surface area contributed by atoms with Crippen molar-refractivity contribution >= 4 is 23.4 Å². The summed E-state index contributed by atoms with van der Waals surface area (Å²) < 4.78 is 40.4. The summed E-state index contributed by atoms with van der Waals surface area (Å²) in [4.78, 5) is 24.3. The van der Waals surface area contributed by atoms with Crippen molar-refractivity contribution in [2.24, 2.45) is 0 Å². The van der Waals surface area contributed by atoms with Crippen molar-refractivity contribution in [3.63, 3.8) is 0 Å². The molecule has 1 aromatic heterocycles. The van der Waals surface area contributed by atoms with Gasteiger partial charge >= 0.3 is 6.18 Å². The quantitative estimate of drug-likeness (QED) is 0.558. The van der Waals surface area contributed by atoms with Gasteiger partial charge in [-0.3, -0.25) is 20.4 Å². The topological polar surface area (TPSA) is 76.0 Å². The highest BCUT2D eigenvalue weighted by atomic mass is 35.5. The fourth-order valence-corrected chi connectivity index (χ4v) is 3.30. The maximum absolute atomic E-state index is 13.0. The molecule has 1 heterocycles. The lowest BCUT2D eigenvalue weighted by Crippen LogP contribution is -2.43. The zero-order valence-corrected chi connectivity index (χ0v) is 18.0. The average molecular weight is 465 g/mol. The van der Waals surface area contributed by atoms with E-state index in [2.05, 4.69) is 16.0 Å².